The van der Waals surface area contributed by atoms with Crippen LogP contribution in [0.15, 0.2) is 91.0 Å². The maximum Gasteiger partial charge on any atom is 0.242 e. The summed E-state index contributed by atoms with van der Waals surface area (Å²) in [5, 5.41) is 11.8. The molecule has 15 nitrogen and oxygen atoms in total. The Labute approximate surface area is 335 Å². The van der Waals surface area contributed by atoms with E-state index >= 15 is 0 Å². The molecular formula is C42H59N9O6. The molecule has 0 radical (unpaired) electrons. The number of nitrogens with zero attached hydrogens (tertiary/aromatic N) is 6. The van der Waals surface area contributed by atoms with Crippen LogP contribution in [-0.4, -0.2) is 149 Å². The monoisotopic (exact) mass is 785 g/mol. The number of aliphatic hydroxyl groups excluding tert-OH is 1. The van der Waals surface area contributed by atoms with Crippen molar-refractivity contribution < 1.29 is 29.1 Å². The van der Waals surface area contributed by atoms with Gasteiger partial charge < -0.3 is 46.8 Å². The molecule has 0 aliphatic carbocycles. The molecule has 1 aliphatic rings. The van der Waals surface area contributed by atoms with Crippen LogP contribution in [0.2, 0.25) is 0 Å². The SMILES string of the molecule is NCCCN1CC(=O)N(Cc2ccccc2)CC(=O)N(CCCN)CC(O)N(Cc2ccccc2)CC(=O)N(CCCN)CC(=O)N(Cc2ccccc2)CC1=O. The Bertz CT molecular complexity index is 1700. The highest BCUT2D eigenvalue weighted by molar-refractivity contribution is 5.91. The largest absolute Gasteiger partial charge is 0.376 e. The van der Waals surface area contributed by atoms with Crippen molar-refractivity contribution in [3.05, 3.63) is 108 Å². The van der Waals surface area contributed by atoms with Gasteiger partial charge in [0.1, 0.15) is 19.3 Å². The fraction of sp³-hybridized carbons (Fsp3) is 0.452. The van der Waals surface area contributed by atoms with E-state index in [1.807, 2.05) is 91.0 Å². The maximum absolute atomic E-state index is 14.3. The summed E-state index contributed by atoms with van der Waals surface area (Å²) in [5.74, 6) is -2.27. The standard InChI is InChI=1S/C42H59N9O6/c43-19-10-22-46-28-40(55)49(25-34-13-4-1-5-14-34)31-37(52)47(23-11-20-44)29-41(56)51(27-36-17-8-3-9-18-36)33-39(54)48(24-12-21-45)30-42(57)50(32-38(46)53)26-35-15-6-2-7-16-35/h1-9,13-18,40,55H,10-12,19-33,43-45H2. The molecule has 0 saturated carbocycles. The van der Waals surface area contributed by atoms with Crippen LogP contribution in [-0.2, 0) is 43.6 Å². The zero-order valence-corrected chi connectivity index (χ0v) is 32.9. The van der Waals surface area contributed by atoms with Gasteiger partial charge in [-0.05, 0) is 55.6 Å². The van der Waals surface area contributed by atoms with Crippen LogP contribution in [0.25, 0.3) is 0 Å². The number of amides is 5. The Morgan fingerprint density at radius 3 is 1.16 bits per heavy atom. The quantitative estimate of drug-likeness (QED) is 0.167. The highest BCUT2D eigenvalue weighted by Crippen LogP contribution is 2.14. The van der Waals surface area contributed by atoms with Crippen molar-refractivity contribution in [2.24, 2.45) is 17.2 Å². The average molecular weight is 786 g/mol. The number of aliphatic hydroxyl groups is 1. The second-order valence-electron chi connectivity index (χ2n) is 14.2. The van der Waals surface area contributed by atoms with Gasteiger partial charge in [0.25, 0.3) is 0 Å². The van der Waals surface area contributed by atoms with Crippen molar-refractivity contribution in [1.29, 1.82) is 0 Å². The molecule has 1 saturated heterocycles. The molecular weight excluding hydrogens is 727 g/mol. The normalized spacial score (nSPS) is 17.6. The van der Waals surface area contributed by atoms with Crippen LogP contribution in [0, 0.1) is 0 Å². The molecule has 4 rings (SSSR count). The summed E-state index contributed by atoms with van der Waals surface area (Å²) in [7, 11) is 0. The van der Waals surface area contributed by atoms with Crippen LogP contribution in [0.3, 0.4) is 0 Å². The Morgan fingerprint density at radius 2 is 0.754 bits per heavy atom. The van der Waals surface area contributed by atoms with Crippen molar-refractivity contribution in [2.75, 3.05) is 78.5 Å². The highest BCUT2D eigenvalue weighted by Gasteiger charge is 2.31. The summed E-state index contributed by atoms with van der Waals surface area (Å²) >= 11 is 0. The van der Waals surface area contributed by atoms with Crippen LogP contribution in [0.1, 0.15) is 36.0 Å². The molecule has 1 heterocycles. The second kappa shape index (κ2) is 23.8. The summed E-state index contributed by atoms with van der Waals surface area (Å²) in [6.07, 6.45) is -0.0692. The third-order valence-corrected chi connectivity index (χ3v) is 9.77. The van der Waals surface area contributed by atoms with E-state index in [0.29, 0.717) is 19.3 Å². The lowest BCUT2D eigenvalue weighted by molar-refractivity contribution is -0.150. The average Bonchev–Trinajstić information content (AvgIpc) is 3.22. The van der Waals surface area contributed by atoms with E-state index in [1.165, 1.54) is 24.5 Å². The summed E-state index contributed by atoms with van der Waals surface area (Å²) in [4.78, 5) is 79.7. The minimum Gasteiger partial charge on any atom is -0.376 e. The third-order valence-electron chi connectivity index (χ3n) is 9.77. The van der Waals surface area contributed by atoms with Crippen molar-refractivity contribution in [3.63, 3.8) is 0 Å². The van der Waals surface area contributed by atoms with Gasteiger partial charge in [-0.25, -0.2) is 0 Å². The lowest BCUT2D eigenvalue weighted by Crippen LogP contribution is -2.54. The van der Waals surface area contributed by atoms with E-state index in [9.17, 15) is 29.1 Å². The van der Waals surface area contributed by atoms with E-state index < -0.39 is 35.8 Å². The number of nitrogens with two attached hydrogens (primary N) is 3. The summed E-state index contributed by atoms with van der Waals surface area (Å²) in [6.45, 7) is -0.226. The molecule has 15 heteroatoms. The van der Waals surface area contributed by atoms with Gasteiger partial charge in [0.15, 0.2) is 0 Å². The van der Waals surface area contributed by atoms with Gasteiger partial charge >= 0.3 is 0 Å². The Hall–Kier alpha value is -5.19. The lowest BCUT2D eigenvalue weighted by Gasteiger charge is -2.36. The molecule has 5 amide bonds. The molecule has 0 aromatic heterocycles. The van der Waals surface area contributed by atoms with Crippen LogP contribution < -0.4 is 17.2 Å². The fourth-order valence-corrected chi connectivity index (χ4v) is 6.54. The van der Waals surface area contributed by atoms with Crippen molar-refractivity contribution in [2.45, 2.75) is 45.1 Å². The first kappa shape index (κ1) is 44.5. The van der Waals surface area contributed by atoms with Crippen LogP contribution in [0.4, 0.5) is 0 Å². The number of rotatable bonds is 15. The van der Waals surface area contributed by atoms with Crippen molar-refractivity contribution in [1.82, 2.24) is 29.4 Å². The number of β-amino-alcohol motifs (C(OH)–C–C–N with tert-alkyl or cyclic N) is 1. The van der Waals surface area contributed by atoms with E-state index in [4.69, 9.17) is 17.2 Å². The second-order valence-corrected chi connectivity index (χ2v) is 14.2. The first-order valence-corrected chi connectivity index (χ1v) is 19.6. The van der Waals surface area contributed by atoms with Gasteiger partial charge in [0, 0.05) is 39.3 Å². The number of hydrogen-bond donors (Lipinski definition) is 4. The number of carbonyl (C=O) groups excluding carboxylic acids is 5. The van der Waals surface area contributed by atoms with Crippen LogP contribution >= 0.6 is 0 Å². The van der Waals surface area contributed by atoms with E-state index in [0.717, 1.165) is 16.7 Å². The van der Waals surface area contributed by atoms with Gasteiger partial charge in [0.05, 0.1) is 26.2 Å². The molecule has 1 aliphatic heterocycles. The summed E-state index contributed by atoms with van der Waals surface area (Å²) in [6, 6.07) is 27.7. The Morgan fingerprint density at radius 1 is 0.439 bits per heavy atom. The van der Waals surface area contributed by atoms with E-state index in [2.05, 4.69) is 0 Å². The fourth-order valence-electron chi connectivity index (χ4n) is 6.54. The third kappa shape index (κ3) is 14.7. The lowest BCUT2D eigenvalue weighted by atomic mass is 10.2. The molecule has 1 fully saturated rings. The first-order chi connectivity index (χ1) is 27.6. The molecule has 0 bridgehead atoms. The molecule has 308 valence electrons. The van der Waals surface area contributed by atoms with Crippen LogP contribution in [0.5, 0.6) is 0 Å². The number of hydrogen-bond acceptors (Lipinski definition) is 10. The molecule has 7 N–H and O–H groups in total. The maximum atomic E-state index is 14.3. The van der Waals surface area contributed by atoms with Crippen molar-refractivity contribution in [3.8, 4) is 0 Å². The van der Waals surface area contributed by atoms with E-state index in [-0.39, 0.29) is 98.2 Å². The topological polar surface area (TPSA) is 203 Å². The molecule has 0 spiro atoms. The molecule has 57 heavy (non-hydrogen) atoms. The van der Waals surface area contributed by atoms with Gasteiger partial charge in [-0.3, -0.25) is 28.9 Å². The minimum absolute atomic E-state index is 0.0785. The van der Waals surface area contributed by atoms with E-state index in [1.54, 1.807) is 4.90 Å². The molecule has 3 aromatic carbocycles. The van der Waals surface area contributed by atoms with Gasteiger partial charge in [-0.2, -0.15) is 0 Å². The molecule has 1 unspecified atom stereocenters. The van der Waals surface area contributed by atoms with Gasteiger partial charge in [-0.1, -0.05) is 91.0 Å². The Balaban J connectivity index is 1.78. The zero-order valence-electron chi connectivity index (χ0n) is 32.9. The highest BCUT2D eigenvalue weighted by atomic mass is 16.3. The first-order valence-electron chi connectivity index (χ1n) is 19.6. The van der Waals surface area contributed by atoms with Gasteiger partial charge in [0.2, 0.25) is 29.5 Å². The minimum atomic E-state index is -1.31. The predicted molar refractivity (Wildman–Crippen MR) is 217 cm³/mol. The Kier molecular flexibility index (Phi) is 18.6. The summed E-state index contributed by atoms with van der Waals surface area (Å²) in [5.41, 5.74) is 20.0. The number of benzene rings is 3. The number of carbonyl (C=O) groups is 5. The van der Waals surface area contributed by atoms with Crippen molar-refractivity contribution >= 4 is 29.5 Å². The van der Waals surface area contributed by atoms with Gasteiger partial charge in [-0.15, -0.1) is 0 Å². The molecule has 3 aromatic rings. The summed E-state index contributed by atoms with van der Waals surface area (Å²) < 4.78 is 0. The molecule has 1 atom stereocenters. The predicted octanol–water partition coefficient (Wildman–Crippen LogP) is 0.410. The zero-order chi connectivity index (χ0) is 41.0. The smallest absolute Gasteiger partial charge is 0.242 e.